The van der Waals surface area contributed by atoms with Gasteiger partial charge >= 0.3 is 0 Å². The topological polar surface area (TPSA) is 49.4 Å². The van der Waals surface area contributed by atoms with E-state index in [2.05, 4.69) is 19.3 Å². The fourth-order valence-corrected chi connectivity index (χ4v) is 2.20. The number of ketones is 1. The molecule has 0 amide bonds. The molecule has 1 saturated heterocycles. The average Bonchev–Trinajstić information content (AvgIpc) is 2.64. The number of hydrazine groups is 1. The number of hydrogen-bond acceptors (Lipinski definition) is 4. The Bertz CT molecular complexity index is 253. The van der Waals surface area contributed by atoms with E-state index in [1.54, 1.807) is 6.92 Å². The second-order valence-corrected chi connectivity index (χ2v) is 4.96. The van der Waals surface area contributed by atoms with Crippen LogP contribution in [0, 0.1) is 5.92 Å². The molecule has 0 bridgehead atoms. The fourth-order valence-electron chi connectivity index (χ4n) is 2.20. The van der Waals surface area contributed by atoms with E-state index in [1.807, 2.05) is 5.01 Å². The summed E-state index contributed by atoms with van der Waals surface area (Å²) in [5.74, 6) is 0.653. The van der Waals surface area contributed by atoms with Crippen molar-refractivity contribution >= 4 is 12.1 Å². The zero-order valence-corrected chi connectivity index (χ0v) is 10.4. The van der Waals surface area contributed by atoms with Gasteiger partial charge in [-0.3, -0.25) is 4.79 Å². The van der Waals surface area contributed by atoms with Crippen molar-refractivity contribution in [3.05, 3.63) is 0 Å². The van der Waals surface area contributed by atoms with Crippen LogP contribution >= 0.6 is 0 Å². The van der Waals surface area contributed by atoms with Crippen LogP contribution in [0.3, 0.4) is 0 Å². The highest BCUT2D eigenvalue weighted by atomic mass is 16.1. The molecule has 0 aromatic carbocycles. The van der Waals surface area contributed by atoms with Crippen LogP contribution in [-0.4, -0.2) is 35.7 Å². The molecular weight excluding hydrogens is 204 g/mol. The number of hydrogen-bond donors (Lipinski definition) is 1. The Labute approximate surface area is 97.4 Å². The monoisotopic (exact) mass is 226 g/mol. The lowest BCUT2D eigenvalue weighted by molar-refractivity contribution is -0.123. The first-order valence-corrected chi connectivity index (χ1v) is 6.03. The normalized spacial score (nSPS) is 23.6. The van der Waals surface area contributed by atoms with Crippen LogP contribution in [-0.2, 0) is 9.59 Å². The maximum absolute atomic E-state index is 11.4. The van der Waals surface area contributed by atoms with Crippen LogP contribution in [0.5, 0.6) is 0 Å². The Hall–Kier alpha value is -0.740. The molecule has 0 aromatic heterocycles. The zero-order chi connectivity index (χ0) is 12.1. The summed E-state index contributed by atoms with van der Waals surface area (Å²) in [6.07, 6.45) is 3.67. The SMILES string of the molecule is CC(=O)[C@@H]1CCCN1N[C@H](C=O)CC(C)C. The van der Waals surface area contributed by atoms with Crippen molar-refractivity contribution in [2.24, 2.45) is 5.92 Å². The molecule has 0 aromatic rings. The molecule has 1 fully saturated rings. The Kier molecular flexibility index (Phi) is 5.09. The third kappa shape index (κ3) is 3.68. The minimum Gasteiger partial charge on any atom is -0.302 e. The molecule has 4 heteroatoms. The molecule has 0 unspecified atom stereocenters. The largest absolute Gasteiger partial charge is 0.302 e. The van der Waals surface area contributed by atoms with Gasteiger partial charge in [-0.25, -0.2) is 10.4 Å². The highest BCUT2D eigenvalue weighted by Crippen LogP contribution is 2.16. The number of carbonyl (C=O) groups is 2. The summed E-state index contributed by atoms with van der Waals surface area (Å²) in [6.45, 7) is 6.64. The van der Waals surface area contributed by atoms with E-state index in [-0.39, 0.29) is 17.9 Å². The summed E-state index contributed by atoms with van der Waals surface area (Å²) in [5, 5.41) is 1.93. The Balaban J connectivity index is 2.50. The first-order valence-electron chi connectivity index (χ1n) is 6.03. The molecule has 1 aliphatic heterocycles. The van der Waals surface area contributed by atoms with Crippen molar-refractivity contribution in [2.45, 2.75) is 52.1 Å². The summed E-state index contributed by atoms with van der Waals surface area (Å²) in [7, 11) is 0. The van der Waals surface area contributed by atoms with Gasteiger partial charge in [0.15, 0.2) is 0 Å². The molecular formula is C12H22N2O2. The van der Waals surface area contributed by atoms with Gasteiger partial charge in [-0.15, -0.1) is 0 Å². The number of Topliss-reactive ketones (excluding diaryl/α,β-unsaturated/α-hetero) is 1. The molecule has 1 rings (SSSR count). The lowest BCUT2D eigenvalue weighted by Gasteiger charge is -2.27. The molecule has 2 atom stereocenters. The highest BCUT2D eigenvalue weighted by Gasteiger charge is 2.29. The van der Waals surface area contributed by atoms with Crippen molar-refractivity contribution in [2.75, 3.05) is 6.54 Å². The average molecular weight is 226 g/mol. The summed E-state index contributed by atoms with van der Waals surface area (Å²) in [5.41, 5.74) is 3.17. The Morgan fingerprint density at radius 2 is 2.25 bits per heavy atom. The van der Waals surface area contributed by atoms with Gasteiger partial charge in [-0.05, 0) is 32.1 Å². The van der Waals surface area contributed by atoms with Crippen LogP contribution in [0.1, 0.15) is 40.0 Å². The quantitative estimate of drug-likeness (QED) is 0.690. The van der Waals surface area contributed by atoms with E-state index in [4.69, 9.17) is 0 Å². The molecule has 0 saturated carbocycles. The smallest absolute Gasteiger partial charge is 0.148 e. The van der Waals surface area contributed by atoms with Crippen molar-refractivity contribution in [1.82, 2.24) is 10.4 Å². The van der Waals surface area contributed by atoms with E-state index in [9.17, 15) is 9.59 Å². The lowest BCUT2D eigenvalue weighted by atomic mass is 10.1. The van der Waals surface area contributed by atoms with E-state index in [0.29, 0.717) is 5.92 Å². The maximum atomic E-state index is 11.4. The minimum absolute atomic E-state index is 0.0467. The molecule has 4 nitrogen and oxygen atoms in total. The van der Waals surface area contributed by atoms with Gasteiger partial charge in [0.2, 0.25) is 0 Å². The fraction of sp³-hybridized carbons (Fsp3) is 0.833. The number of aldehydes is 1. The van der Waals surface area contributed by atoms with Gasteiger partial charge in [0.25, 0.3) is 0 Å². The van der Waals surface area contributed by atoms with Crippen molar-refractivity contribution in [3.63, 3.8) is 0 Å². The van der Waals surface area contributed by atoms with Crippen molar-refractivity contribution in [3.8, 4) is 0 Å². The van der Waals surface area contributed by atoms with Gasteiger partial charge in [0, 0.05) is 6.54 Å². The van der Waals surface area contributed by atoms with Crippen molar-refractivity contribution < 1.29 is 9.59 Å². The third-order valence-corrected chi connectivity index (χ3v) is 2.94. The van der Waals surface area contributed by atoms with Gasteiger partial charge in [0.1, 0.15) is 12.1 Å². The molecule has 92 valence electrons. The van der Waals surface area contributed by atoms with Gasteiger partial charge in [-0.2, -0.15) is 0 Å². The zero-order valence-electron chi connectivity index (χ0n) is 10.4. The molecule has 0 aliphatic carbocycles. The standard InChI is InChI=1S/C12H22N2O2/c1-9(2)7-11(8-15)13-14-6-4-5-12(14)10(3)16/h8-9,11-13H,4-7H2,1-3H3/t11-,12-/m0/s1. The number of nitrogens with one attached hydrogen (secondary N) is 1. The second kappa shape index (κ2) is 6.11. The van der Waals surface area contributed by atoms with Gasteiger partial charge < -0.3 is 4.79 Å². The van der Waals surface area contributed by atoms with Crippen LogP contribution in [0.15, 0.2) is 0 Å². The highest BCUT2D eigenvalue weighted by molar-refractivity contribution is 5.81. The number of rotatable bonds is 6. The van der Waals surface area contributed by atoms with Crippen LogP contribution in [0.25, 0.3) is 0 Å². The second-order valence-electron chi connectivity index (χ2n) is 4.96. The number of nitrogens with zero attached hydrogens (tertiary/aromatic N) is 1. The van der Waals surface area contributed by atoms with Crippen LogP contribution < -0.4 is 5.43 Å². The summed E-state index contributed by atoms with van der Waals surface area (Å²) >= 11 is 0. The molecule has 0 spiro atoms. The first kappa shape index (κ1) is 13.3. The van der Waals surface area contributed by atoms with Gasteiger partial charge in [0.05, 0.1) is 12.1 Å². The van der Waals surface area contributed by atoms with Crippen LogP contribution in [0.4, 0.5) is 0 Å². The van der Waals surface area contributed by atoms with Crippen LogP contribution in [0.2, 0.25) is 0 Å². The molecule has 1 N–H and O–H groups in total. The predicted molar refractivity (Wildman–Crippen MR) is 62.9 cm³/mol. The number of carbonyl (C=O) groups excluding carboxylic acids is 2. The molecule has 1 heterocycles. The first-order chi connectivity index (χ1) is 7.54. The van der Waals surface area contributed by atoms with E-state index < -0.39 is 0 Å². The van der Waals surface area contributed by atoms with Crippen molar-refractivity contribution in [1.29, 1.82) is 0 Å². The molecule has 0 radical (unpaired) electrons. The maximum Gasteiger partial charge on any atom is 0.148 e. The lowest BCUT2D eigenvalue weighted by Crippen LogP contribution is -2.50. The van der Waals surface area contributed by atoms with E-state index in [0.717, 1.165) is 32.1 Å². The summed E-state index contributed by atoms with van der Waals surface area (Å²) < 4.78 is 0. The molecule has 1 aliphatic rings. The van der Waals surface area contributed by atoms with Gasteiger partial charge in [-0.1, -0.05) is 13.8 Å². The Morgan fingerprint density at radius 3 is 2.75 bits per heavy atom. The van der Waals surface area contributed by atoms with E-state index >= 15 is 0 Å². The van der Waals surface area contributed by atoms with E-state index in [1.165, 1.54) is 0 Å². The summed E-state index contributed by atoms with van der Waals surface area (Å²) in [6, 6.07) is -0.213. The molecule has 16 heavy (non-hydrogen) atoms. The summed E-state index contributed by atoms with van der Waals surface area (Å²) in [4.78, 5) is 22.3. The minimum atomic E-state index is -0.167. The third-order valence-electron chi connectivity index (χ3n) is 2.94. The Morgan fingerprint density at radius 1 is 1.56 bits per heavy atom. The predicted octanol–water partition coefficient (Wildman–Crippen LogP) is 1.16.